The SMILES string of the molecule is CCCC(=O)Nc1cncc(-c2cnc3n[nH]c(-c4cc5c(-c6ccsc6)ccnc5[nH]4)c3c2)c1. The van der Waals surface area contributed by atoms with Gasteiger partial charge in [-0.2, -0.15) is 16.4 Å². The smallest absolute Gasteiger partial charge is 0.224 e. The van der Waals surface area contributed by atoms with Gasteiger partial charge in [-0.1, -0.05) is 6.92 Å². The second-order valence-corrected chi connectivity index (χ2v) is 9.05. The molecule has 0 spiro atoms. The summed E-state index contributed by atoms with van der Waals surface area (Å²) in [5.41, 5.74) is 7.87. The Morgan fingerprint density at radius 2 is 1.94 bits per heavy atom. The van der Waals surface area contributed by atoms with Crippen LogP contribution in [0.4, 0.5) is 5.69 Å². The average molecular weight is 480 g/mol. The van der Waals surface area contributed by atoms with Crippen molar-refractivity contribution in [3.8, 4) is 33.6 Å². The van der Waals surface area contributed by atoms with Gasteiger partial charge in [0.15, 0.2) is 5.65 Å². The molecule has 6 heterocycles. The number of anilines is 1. The Bertz CT molecular complexity index is 1670. The second kappa shape index (κ2) is 8.77. The van der Waals surface area contributed by atoms with Crippen LogP contribution < -0.4 is 5.32 Å². The first kappa shape index (κ1) is 21.2. The number of aromatic amines is 2. The van der Waals surface area contributed by atoms with E-state index in [0.717, 1.165) is 50.9 Å². The Balaban J connectivity index is 1.40. The molecule has 0 fully saturated rings. The number of carbonyl (C=O) groups is 1. The van der Waals surface area contributed by atoms with E-state index in [1.807, 2.05) is 31.3 Å². The van der Waals surface area contributed by atoms with Gasteiger partial charge in [0.1, 0.15) is 5.65 Å². The summed E-state index contributed by atoms with van der Waals surface area (Å²) in [5.74, 6) is -0.0219. The van der Waals surface area contributed by atoms with Crippen LogP contribution in [0.1, 0.15) is 19.8 Å². The molecule has 3 N–H and O–H groups in total. The lowest BCUT2D eigenvalue weighted by atomic mass is 10.1. The van der Waals surface area contributed by atoms with Crippen LogP contribution in [0.15, 0.2) is 65.9 Å². The minimum Gasteiger partial charge on any atom is -0.338 e. The Hall–Kier alpha value is -4.37. The normalized spacial score (nSPS) is 11.3. The highest BCUT2D eigenvalue weighted by atomic mass is 32.1. The fourth-order valence-corrected chi connectivity index (χ4v) is 4.87. The molecule has 8 nitrogen and oxygen atoms in total. The average Bonchev–Trinajstić information content (AvgIpc) is 3.63. The number of nitrogens with one attached hydrogen (secondary N) is 3. The van der Waals surface area contributed by atoms with Gasteiger partial charge in [-0.3, -0.25) is 14.9 Å². The van der Waals surface area contributed by atoms with Crippen LogP contribution in [0, 0.1) is 0 Å². The maximum Gasteiger partial charge on any atom is 0.224 e. The third kappa shape index (κ3) is 3.95. The predicted molar refractivity (Wildman–Crippen MR) is 139 cm³/mol. The summed E-state index contributed by atoms with van der Waals surface area (Å²) in [5, 5.41) is 16.6. The van der Waals surface area contributed by atoms with Crippen LogP contribution >= 0.6 is 11.3 Å². The molecule has 172 valence electrons. The highest BCUT2D eigenvalue weighted by Gasteiger charge is 2.15. The summed E-state index contributed by atoms with van der Waals surface area (Å²) in [7, 11) is 0. The number of carbonyl (C=O) groups excluding carboxylic acids is 1. The minimum absolute atomic E-state index is 0.0219. The number of pyridine rings is 3. The molecule has 0 radical (unpaired) electrons. The summed E-state index contributed by atoms with van der Waals surface area (Å²) < 4.78 is 0. The quantitative estimate of drug-likeness (QED) is 0.270. The van der Waals surface area contributed by atoms with Crippen molar-refractivity contribution >= 4 is 45.0 Å². The Labute approximate surface area is 204 Å². The van der Waals surface area contributed by atoms with Crippen molar-refractivity contribution in [2.24, 2.45) is 0 Å². The topological polar surface area (TPSA) is 112 Å². The van der Waals surface area contributed by atoms with Crippen molar-refractivity contribution < 1.29 is 4.79 Å². The summed E-state index contributed by atoms with van der Waals surface area (Å²) in [6.07, 6.45) is 8.26. The van der Waals surface area contributed by atoms with Crippen LogP contribution in [-0.2, 0) is 4.79 Å². The zero-order chi connectivity index (χ0) is 23.8. The molecule has 9 heteroatoms. The predicted octanol–water partition coefficient (Wildman–Crippen LogP) is 6.03. The van der Waals surface area contributed by atoms with E-state index in [0.29, 0.717) is 17.8 Å². The maximum absolute atomic E-state index is 12.0. The van der Waals surface area contributed by atoms with E-state index in [9.17, 15) is 4.79 Å². The third-order valence-electron chi connectivity index (χ3n) is 5.88. The van der Waals surface area contributed by atoms with Gasteiger partial charge in [-0.05, 0) is 58.6 Å². The standard InChI is InChI=1S/C26H21N7OS/c1-2-3-23(34)30-18-8-16(11-27-13-18)17-9-21-24(32-33-26(21)29-12-17)22-10-20-19(15-5-7-35-14-15)4-6-28-25(20)31-22/h4-14H,2-3H2,1H3,(H,28,31)(H,30,34)(H,29,32,33). The molecule has 0 atom stereocenters. The van der Waals surface area contributed by atoms with Crippen molar-refractivity contribution in [3.63, 3.8) is 0 Å². The Morgan fingerprint density at radius 3 is 2.80 bits per heavy atom. The van der Waals surface area contributed by atoms with E-state index in [-0.39, 0.29) is 5.91 Å². The van der Waals surface area contributed by atoms with E-state index in [1.165, 1.54) is 5.56 Å². The van der Waals surface area contributed by atoms with Crippen molar-refractivity contribution in [3.05, 3.63) is 65.9 Å². The van der Waals surface area contributed by atoms with Crippen LogP contribution in [0.2, 0.25) is 0 Å². The molecule has 6 aromatic heterocycles. The third-order valence-corrected chi connectivity index (χ3v) is 6.56. The lowest BCUT2D eigenvalue weighted by Crippen LogP contribution is -2.10. The number of aromatic nitrogens is 6. The van der Waals surface area contributed by atoms with Gasteiger partial charge in [-0.15, -0.1) is 0 Å². The summed E-state index contributed by atoms with van der Waals surface area (Å²) in [6.45, 7) is 1.98. The monoisotopic (exact) mass is 479 g/mol. The van der Waals surface area contributed by atoms with Gasteiger partial charge >= 0.3 is 0 Å². The molecule has 0 aliphatic rings. The van der Waals surface area contributed by atoms with E-state index in [1.54, 1.807) is 29.9 Å². The molecule has 6 rings (SSSR count). The first-order valence-corrected chi connectivity index (χ1v) is 12.2. The van der Waals surface area contributed by atoms with E-state index in [2.05, 4.69) is 58.3 Å². The molecule has 1 amide bonds. The molecule has 0 aliphatic heterocycles. The summed E-state index contributed by atoms with van der Waals surface area (Å²) >= 11 is 1.67. The fraction of sp³-hybridized carbons (Fsp3) is 0.115. The van der Waals surface area contributed by atoms with Gasteiger partial charge in [0.05, 0.1) is 23.3 Å². The first-order chi connectivity index (χ1) is 17.2. The van der Waals surface area contributed by atoms with Crippen LogP contribution in [0.5, 0.6) is 0 Å². The molecule has 0 saturated heterocycles. The van der Waals surface area contributed by atoms with E-state index in [4.69, 9.17) is 0 Å². The molecule has 6 aromatic rings. The van der Waals surface area contributed by atoms with Crippen molar-refractivity contribution in [2.75, 3.05) is 5.32 Å². The minimum atomic E-state index is -0.0219. The number of amides is 1. The molecular formula is C26H21N7OS. The van der Waals surface area contributed by atoms with Gasteiger partial charge in [0.25, 0.3) is 0 Å². The van der Waals surface area contributed by atoms with Gasteiger partial charge < -0.3 is 10.3 Å². The second-order valence-electron chi connectivity index (χ2n) is 8.27. The molecule has 0 aromatic carbocycles. The summed E-state index contributed by atoms with van der Waals surface area (Å²) in [4.78, 5) is 28.8. The van der Waals surface area contributed by atoms with Crippen LogP contribution in [-0.4, -0.2) is 36.0 Å². The fourth-order valence-electron chi connectivity index (χ4n) is 4.21. The van der Waals surface area contributed by atoms with E-state index >= 15 is 0 Å². The number of hydrogen-bond donors (Lipinski definition) is 3. The highest BCUT2D eigenvalue weighted by molar-refractivity contribution is 7.08. The van der Waals surface area contributed by atoms with Crippen molar-refractivity contribution in [1.29, 1.82) is 0 Å². The largest absolute Gasteiger partial charge is 0.338 e. The van der Waals surface area contributed by atoms with Crippen molar-refractivity contribution in [1.82, 2.24) is 30.1 Å². The summed E-state index contributed by atoms with van der Waals surface area (Å²) in [6, 6.07) is 10.2. The zero-order valence-electron chi connectivity index (χ0n) is 18.9. The highest BCUT2D eigenvalue weighted by Crippen LogP contribution is 2.34. The maximum atomic E-state index is 12.0. The Morgan fingerprint density at radius 1 is 1.03 bits per heavy atom. The number of rotatable bonds is 6. The number of fused-ring (bicyclic) bond motifs is 2. The number of hydrogen-bond acceptors (Lipinski definition) is 6. The molecule has 35 heavy (non-hydrogen) atoms. The van der Waals surface area contributed by atoms with Gasteiger partial charge in [0.2, 0.25) is 5.91 Å². The van der Waals surface area contributed by atoms with Gasteiger partial charge in [-0.25, -0.2) is 9.97 Å². The number of H-pyrrole nitrogens is 2. The first-order valence-electron chi connectivity index (χ1n) is 11.3. The van der Waals surface area contributed by atoms with Gasteiger partial charge in [0, 0.05) is 46.9 Å². The molecule has 0 aliphatic carbocycles. The molecule has 0 saturated carbocycles. The molecular weight excluding hydrogens is 458 g/mol. The van der Waals surface area contributed by atoms with Crippen LogP contribution in [0.25, 0.3) is 55.7 Å². The molecule has 0 bridgehead atoms. The zero-order valence-corrected chi connectivity index (χ0v) is 19.7. The van der Waals surface area contributed by atoms with Crippen LogP contribution in [0.3, 0.4) is 0 Å². The van der Waals surface area contributed by atoms with Crippen molar-refractivity contribution in [2.45, 2.75) is 19.8 Å². The number of nitrogens with zero attached hydrogens (tertiary/aromatic N) is 4. The Kier molecular flexibility index (Phi) is 5.31. The van der Waals surface area contributed by atoms with E-state index < -0.39 is 0 Å². The lowest BCUT2D eigenvalue weighted by molar-refractivity contribution is -0.116. The molecule has 0 unspecified atom stereocenters. The lowest BCUT2D eigenvalue weighted by Gasteiger charge is -2.07. The number of thiophene rings is 1.